The summed E-state index contributed by atoms with van der Waals surface area (Å²) in [7, 11) is 0. The molecule has 0 aromatic heterocycles. The van der Waals surface area contributed by atoms with Gasteiger partial charge in [0.1, 0.15) is 0 Å². The summed E-state index contributed by atoms with van der Waals surface area (Å²) in [6, 6.07) is 33.5. The second kappa shape index (κ2) is 14.3. The van der Waals surface area contributed by atoms with Crippen LogP contribution in [0, 0.1) is 25.7 Å². The van der Waals surface area contributed by atoms with Crippen molar-refractivity contribution >= 4 is 12.2 Å². The van der Waals surface area contributed by atoms with Crippen LogP contribution < -0.4 is 24.8 Å². The van der Waals surface area contributed by atoms with Crippen LogP contribution in [0.1, 0.15) is 106 Å². The molecule has 0 amide bonds. The van der Waals surface area contributed by atoms with Crippen molar-refractivity contribution in [2.45, 2.75) is 96.0 Å². The molecule has 1 saturated heterocycles. The van der Waals surface area contributed by atoms with Gasteiger partial charge < -0.3 is 24.8 Å². The van der Waals surface area contributed by atoms with Gasteiger partial charge in [-0.1, -0.05) is 0 Å². The van der Waals surface area contributed by atoms with Gasteiger partial charge in [-0.05, 0) is 0 Å². The van der Waals surface area contributed by atoms with Gasteiger partial charge in [0.05, 0.1) is 0 Å². The Balaban J connectivity index is 0.00000189. The SMILES string of the molecule is Cc1ccc(-c2cccc3c2C=C(C2CCCCC2)[CH]3[Ti+2]2([CH]3C(C4CCCCC4)=Cc4c(-c5ccc(C)cc5)cccc43)[CH2][CH2]2)cc1.[Cl-].[Cl-]. The van der Waals surface area contributed by atoms with Gasteiger partial charge in [-0.3, -0.25) is 0 Å². The fourth-order valence-electron chi connectivity index (χ4n) is 10.6. The molecule has 0 nitrogen and oxygen atoms in total. The Bertz CT molecular complexity index is 1730. The zero-order chi connectivity index (χ0) is 31.5. The minimum Gasteiger partial charge on any atom is -1.00 e. The summed E-state index contributed by atoms with van der Waals surface area (Å²) in [6.07, 6.45) is 19.7. The number of halogens is 2. The van der Waals surface area contributed by atoms with Gasteiger partial charge in [0.2, 0.25) is 0 Å². The predicted molar refractivity (Wildman–Crippen MR) is 197 cm³/mol. The minimum atomic E-state index is -2.51. The number of aryl methyl sites for hydroxylation is 2. The average Bonchev–Trinajstić information content (AvgIpc) is 3.64. The van der Waals surface area contributed by atoms with E-state index in [4.69, 9.17) is 0 Å². The van der Waals surface area contributed by atoms with Crippen molar-refractivity contribution < 1.29 is 41.4 Å². The quantitative estimate of drug-likeness (QED) is 0.183. The second-order valence-corrected chi connectivity index (χ2v) is 23.1. The molecule has 1 heterocycles. The summed E-state index contributed by atoms with van der Waals surface area (Å²) >= 11 is -2.51. The smallest absolute Gasteiger partial charge is 1.00 e. The van der Waals surface area contributed by atoms with Crippen LogP contribution in [-0.2, 0) is 16.6 Å². The molecule has 2 saturated carbocycles. The summed E-state index contributed by atoms with van der Waals surface area (Å²) < 4.78 is 4.49. The zero-order valence-electron chi connectivity index (χ0n) is 29.3. The van der Waals surface area contributed by atoms with Crippen molar-refractivity contribution in [1.82, 2.24) is 0 Å². The van der Waals surface area contributed by atoms with E-state index in [0.717, 1.165) is 11.8 Å². The van der Waals surface area contributed by atoms with Crippen LogP contribution in [0.5, 0.6) is 0 Å². The number of hydrogen-bond acceptors (Lipinski definition) is 0. The maximum atomic E-state index is 2.78. The van der Waals surface area contributed by atoms with E-state index in [0.29, 0.717) is 8.45 Å². The Labute approximate surface area is 311 Å². The van der Waals surface area contributed by atoms with E-state index in [-0.39, 0.29) is 24.8 Å². The molecule has 49 heavy (non-hydrogen) atoms. The largest absolute Gasteiger partial charge is 1.00 e. The molecule has 4 aliphatic carbocycles. The summed E-state index contributed by atoms with van der Waals surface area (Å²) in [6.45, 7) is 4.42. The Hall–Kier alpha value is -2.35. The van der Waals surface area contributed by atoms with Crippen molar-refractivity contribution in [3.63, 3.8) is 0 Å². The molecule has 1 aliphatic heterocycles. The van der Waals surface area contributed by atoms with Gasteiger partial charge in [0, 0.05) is 0 Å². The first-order valence-electron chi connectivity index (χ1n) is 18.9. The monoisotopic (exact) mass is 720 g/mol. The maximum absolute atomic E-state index is 2.78. The summed E-state index contributed by atoms with van der Waals surface area (Å²) in [5, 5.41) is 0. The number of fused-ring (bicyclic) bond motifs is 2. The Morgan fingerprint density at radius 2 is 0.857 bits per heavy atom. The molecule has 3 fully saturated rings. The third-order valence-corrected chi connectivity index (χ3v) is 21.2. The molecular formula is C46H50Cl2Ti. The van der Waals surface area contributed by atoms with E-state index in [1.807, 2.05) is 11.1 Å². The molecule has 9 rings (SSSR count). The van der Waals surface area contributed by atoms with E-state index in [2.05, 4.69) is 111 Å². The molecule has 0 N–H and O–H groups in total. The average molecular weight is 722 g/mol. The molecule has 0 bridgehead atoms. The summed E-state index contributed by atoms with van der Waals surface area (Å²) in [4.78, 5) is 0. The van der Waals surface area contributed by atoms with Gasteiger partial charge >= 0.3 is 288 Å². The first kappa shape index (κ1) is 35.1. The third kappa shape index (κ3) is 6.18. The third-order valence-electron chi connectivity index (χ3n) is 13.0. The predicted octanol–water partition coefficient (Wildman–Crippen LogP) is 7.39. The molecule has 2 atom stereocenters. The Morgan fingerprint density at radius 3 is 1.22 bits per heavy atom. The van der Waals surface area contributed by atoms with Crippen LogP contribution in [0.15, 0.2) is 96.1 Å². The topological polar surface area (TPSA) is 0 Å². The molecule has 5 aliphatic rings. The normalized spacial score (nSPS) is 22.0. The van der Waals surface area contributed by atoms with Crippen LogP contribution in [0.2, 0.25) is 9.45 Å². The molecule has 0 radical (unpaired) electrons. The maximum Gasteiger partial charge on any atom is -1.00 e. The van der Waals surface area contributed by atoms with Crippen molar-refractivity contribution in [3.8, 4) is 22.3 Å². The molecule has 252 valence electrons. The van der Waals surface area contributed by atoms with Crippen LogP contribution in [0.3, 0.4) is 0 Å². The van der Waals surface area contributed by atoms with Gasteiger partial charge in [-0.15, -0.1) is 0 Å². The van der Waals surface area contributed by atoms with Gasteiger partial charge in [0.15, 0.2) is 0 Å². The molecule has 4 aromatic rings. The van der Waals surface area contributed by atoms with Crippen LogP contribution in [-0.4, -0.2) is 0 Å². The number of rotatable bonds is 6. The standard InChI is InChI=1S/2C22H23.C2H4.2ClH.Ti/c2*1-16-10-12-18(13-11-16)21-9-5-8-19-14-20(15-22(19)21)17-6-3-2-4-7-17;1-2;;;/h2*5,8-15,17H,2-4,6-7H2,1H3;1-2H2;2*1H;/q;;;;;+2/p-2. The van der Waals surface area contributed by atoms with Crippen molar-refractivity contribution in [2.75, 3.05) is 0 Å². The van der Waals surface area contributed by atoms with Crippen LogP contribution >= 0.6 is 0 Å². The molecule has 4 aromatic carbocycles. The summed E-state index contributed by atoms with van der Waals surface area (Å²) in [5.41, 5.74) is 18.7. The summed E-state index contributed by atoms with van der Waals surface area (Å²) in [5.74, 6) is 1.55. The molecule has 2 unspecified atom stereocenters. The van der Waals surface area contributed by atoms with E-state index < -0.39 is 16.6 Å². The van der Waals surface area contributed by atoms with Crippen molar-refractivity contribution in [2.24, 2.45) is 11.8 Å². The Kier molecular flexibility index (Phi) is 10.3. The Morgan fingerprint density at radius 1 is 0.469 bits per heavy atom. The van der Waals surface area contributed by atoms with Crippen LogP contribution in [0.25, 0.3) is 34.4 Å². The molecule has 0 spiro atoms. The fourth-order valence-corrected chi connectivity index (χ4v) is 21.0. The van der Waals surface area contributed by atoms with E-state index in [1.165, 1.54) is 107 Å². The molecule has 3 heteroatoms. The van der Waals surface area contributed by atoms with Crippen molar-refractivity contribution in [3.05, 3.63) is 129 Å². The van der Waals surface area contributed by atoms with Crippen molar-refractivity contribution in [1.29, 1.82) is 0 Å². The van der Waals surface area contributed by atoms with E-state index in [1.54, 1.807) is 22.3 Å². The minimum absolute atomic E-state index is 0. The first-order valence-corrected chi connectivity index (χ1v) is 22.9. The number of benzene rings is 4. The van der Waals surface area contributed by atoms with Gasteiger partial charge in [-0.25, -0.2) is 0 Å². The van der Waals surface area contributed by atoms with E-state index in [9.17, 15) is 0 Å². The number of allylic oxidation sites excluding steroid dienone is 2. The number of hydrogen-bond donors (Lipinski definition) is 0. The van der Waals surface area contributed by atoms with Crippen LogP contribution in [0.4, 0.5) is 0 Å². The van der Waals surface area contributed by atoms with Gasteiger partial charge in [-0.2, -0.15) is 0 Å². The second-order valence-electron chi connectivity index (χ2n) is 15.9. The first-order chi connectivity index (χ1) is 23.1. The molecular weight excluding hydrogens is 671 g/mol. The fraction of sp³-hybridized carbons (Fsp3) is 0.391. The zero-order valence-corrected chi connectivity index (χ0v) is 32.4. The van der Waals surface area contributed by atoms with Gasteiger partial charge in [0.25, 0.3) is 0 Å². The van der Waals surface area contributed by atoms with E-state index >= 15 is 0 Å².